The number of nitrogens with zero attached hydrogens (tertiary/aromatic N) is 2. The molecule has 0 bridgehead atoms. The number of Topliss-reactive ketones (excluding diaryl/α,β-unsaturated/α-hetero) is 1. The second-order valence-electron chi connectivity index (χ2n) is 11.7. The number of hydrogen-bond acceptors (Lipinski definition) is 8. The molecule has 1 aromatic heterocycles. The van der Waals surface area contributed by atoms with Crippen LogP contribution in [0.5, 0.6) is 0 Å². The van der Waals surface area contributed by atoms with E-state index < -0.39 is 28.8 Å². The Kier molecular flexibility index (Phi) is 10.0. The number of rotatable bonds is 11. The van der Waals surface area contributed by atoms with Gasteiger partial charge in [0.1, 0.15) is 11.1 Å². The SMILES string of the molecule is COC[C@]1(C(=O)CNC(=O)c2cccc(C(F)(F)F)c2)C[C@H](NC2CCC(O)(c3ccc(CN(C)C)cn3)CC2)CN1. The molecule has 4 rings (SSSR count). The van der Waals surface area contributed by atoms with Gasteiger partial charge in [0.05, 0.1) is 24.4 Å². The zero-order chi connectivity index (χ0) is 30.5. The van der Waals surface area contributed by atoms with Crippen LogP contribution in [0.2, 0.25) is 0 Å². The normalized spacial score (nSPS) is 26.4. The lowest BCUT2D eigenvalue weighted by atomic mass is 9.79. The van der Waals surface area contributed by atoms with E-state index in [2.05, 4.69) is 25.8 Å². The quantitative estimate of drug-likeness (QED) is 0.315. The van der Waals surface area contributed by atoms with Crippen LogP contribution in [-0.2, 0) is 27.9 Å². The number of hydrogen-bond donors (Lipinski definition) is 4. The number of nitrogens with one attached hydrogen (secondary N) is 3. The maximum atomic E-state index is 13.3. The summed E-state index contributed by atoms with van der Waals surface area (Å²) in [7, 11) is 5.47. The van der Waals surface area contributed by atoms with E-state index in [0.29, 0.717) is 31.5 Å². The molecule has 0 unspecified atom stereocenters. The standard InChI is InChI=1S/C30H40F3N5O4/c1-38(2)18-20-7-8-25(34-15-20)29(41)11-9-23(10-12-29)37-24-14-28(19-42-3,36-16-24)26(39)17-35-27(40)21-5-4-6-22(13-21)30(31,32)33/h4-8,13,15,23-24,36-37,41H,9-12,14,16-19H2,1-3H3,(H,35,40)/t23?,24-,28-,29?/m0/s1. The van der Waals surface area contributed by atoms with Crippen molar-refractivity contribution in [1.29, 1.82) is 0 Å². The second kappa shape index (κ2) is 13.2. The number of halogens is 3. The van der Waals surface area contributed by atoms with Crippen molar-refractivity contribution in [2.45, 2.75) is 68.0 Å². The van der Waals surface area contributed by atoms with E-state index in [-0.39, 0.29) is 36.6 Å². The molecule has 1 aliphatic carbocycles. The van der Waals surface area contributed by atoms with Gasteiger partial charge in [-0.15, -0.1) is 0 Å². The van der Waals surface area contributed by atoms with Crippen molar-refractivity contribution in [3.05, 3.63) is 65.0 Å². The molecular formula is C30H40F3N5O4. The Morgan fingerprint density at radius 2 is 1.90 bits per heavy atom. The van der Waals surface area contributed by atoms with Crippen molar-refractivity contribution in [1.82, 2.24) is 25.8 Å². The molecule has 2 heterocycles. The first-order chi connectivity index (χ1) is 19.8. The zero-order valence-electron chi connectivity index (χ0n) is 24.3. The highest BCUT2D eigenvalue weighted by Gasteiger charge is 2.46. The summed E-state index contributed by atoms with van der Waals surface area (Å²) in [5.74, 6) is -1.07. The van der Waals surface area contributed by atoms with E-state index in [0.717, 1.165) is 43.1 Å². The third-order valence-electron chi connectivity index (χ3n) is 8.15. The predicted octanol–water partition coefficient (Wildman–Crippen LogP) is 2.63. The van der Waals surface area contributed by atoms with Crippen LogP contribution in [-0.4, -0.2) is 85.2 Å². The molecule has 230 valence electrons. The van der Waals surface area contributed by atoms with Crippen molar-refractivity contribution < 1.29 is 32.6 Å². The monoisotopic (exact) mass is 591 g/mol. The maximum absolute atomic E-state index is 13.3. The highest BCUT2D eigenvalue weighted by atomic mass is 19.4. The van der Waals surface area contributed by atoms with Crippen LogP contribution in [0.4, 0.5) is 13.2 Å². The number of ether oxygens (including phenoxy) is 1. The number of amides is 1. The number of carbonyl (C=O) groups is 2. The van der Waals surface area contributed by atoms with Crippen LogP contribution in [0.1, 0.15) is 59.3 Å². The molecule has 1 amide bonds. The molecule has 1 saturated carbocycles. The Labute approximate surface area is 244 Å². The minimum absolute atomic E-state index is 0.0390. The van der Waals surface area contributed by atoms with E-state index in [1.165, 1.54) is 13.2 Å². The van der Waals surface area contributed by atoms with Gasteiger partial charge in [0.15, 0.2) is 5.78 Å². The molecule has 12 heteroatoms. The predicted molar refractivity (Wildman–Crippen MR) is 151 cm³/mol. The number of methoxy groups -OCH3 is 1. The first-order valence-corrected chi connectivity index (χ1v) is 14.1. The van der Waals surface area contributed by atoms with Crippen LogP contribution in [0, 0.1) is 0 Å². The summed E-state index contributed by atoms with van der Waals surface area (Å²) in [6.45, 7) is 1.02. The summed E-state index contributed by atoms with van der Waals surface area (Å²) in [5, 5.41) is 20.6. The Morgan fingerprint density at radius 3 is 2.52 bits per heavy atom. The van der Waals surface area contributed by atoms with Crippen LogP contribution in [0.25, 0.3) is 0 Å². The molecule has 2 aliphatic rings. The number of alkyl halides is 3. The highest BCUT2D eigenvalue weighted by Crippen LogP contribution is 2.37. The van der Waals surface area contributed by atoms with Crippen molar-refractivity contribution in [2.24, 2.45) is 0 Å². The fraction of sp³-hybridized carbons (Fsp3) is 0.567. The van der Waals surface area contributed by atoms with Crippen molar-refractivity contribution in [3.63, 3.8) is 0 Å². The minimum atomic E-state index is -4.57. The van der Waals surface area contributed by atoms with Gasteiger partial charge in [-0.05, 0) is 76.0 Å². The van der Waals surface area contributed by atoms with Gasteiger partial charge >= 0.3 is 6.18 Å². The van der Waals surface area contributed by atoms with Gasteiger partial charge in [-0.25, -0.2) is 0 Å². The molecule has 2 fully saturated rings. The fourth-order valence-corrected chi connectivity index (χ4v) is 5.93. The van der Waals surface area contributed by atoms with Gasteiger partial charge in [0.2, 0.25) is 0 Å². The van der Waals surface area contributed by atoms with E-state index in [1.807, 2.05) is 32.4 Å². The summed E-state index contributed by atoms with van der Waals surface area (Å²) in [4.78, 5) is 32.4. The maximum Gasteiger partial charge on any atom is 0.416 e. The Morgan fingerprint density at radius 1 is 1.17 bits per heavy atom. The Balaban J connectivity index is 1.30. The van der Waals surface area contributed by atoms with Gasteiger partial charge < -0.3 is 30.7 Å². The van der Waals surface area contributed by atoms with E-state index in [9.17, 15) is 27.9 Å². The molecule has 4 N–H and O–H groups in total. The Bertz CT molecular complexity index is 1230. The molecule has 0 radical (unpaired) electrons. The summed E-state index contributed by atoms with van der Waals surface area (Å²) in [5.41, 5.74) is -1.35. The first-order valence-electron chi connectivity index (χ1n) is 14.1. The van der Waals surface area contributed by atoms with Gasteiger partial charge in [0, 0.05) is 44.0 Å². The number of ketones is 1. The average Bonchev–Trinajstić information content (AvgIpc) is 3.36. The van der Waals surface area contributed by atoms with Crippen LogP contribution < -0.4 is 16.0 Å². The van der Waals surface area contributed by atoms with Gasteiger partial charge in [-0.2, -0.15) is 13.2 Å². The molecule has 1 aliphatic heterocycles. The number of carbonyl (C=O) groups excluding carboxylic acids is 2. The topological polar surface area (TPSA) is 116 Å². The van der Waals surface area contributed by atoms with E-state index >= 15 is 0 Å². The minimum Gasteiger partial charge on any atom is -0.384 e. The van der Waals surface area contributed by atoms with Crippen LogP contribution >= 0.6 is 0 Å². The van der Waals surface area contributed by atoms with E-state index in [4.69, 9.17) is 4.74 Å². The largest absolute Gasteiger partial charge is 0.416 e. The lowest BCUT2D eigenvalue weighted by Gasteiger charge is -2.37. The summed E-state index contributed by atoms with van der Waals surface area (Å²) >= 11 is 0. The molecule has 42 heavy (non-hydrogen) atoms. The van der Waals surface area contributed by atoms with E-state index in [1.54, 1.807) is 0 Å². The molecular weight excluding hydrogens is 551 g/mol. The highest BCUT2D eigenvalue weighted by molar-refractivity contribution is 5.99. The third-order valence-corrected chi connectivity index (χ3v) is 8.15. The van der Waals surface area contributed by atoms with Gasteiger partial charge in [0.25, 0.3) is 5.91 Å². The number of benzene rings is 1. The molecule has 1 saturated heterocycles. The molecule has 2 aromatic rings. The molecule has 0 spiro atoms. The number of aromatic nitrogens is 1. The lowest BCUT2D eigenvalue weighted by Crippen LogP contribution is -2.55. The van der Waals surface area contributed by atoms with Crippen LogP contribution in [0.15, 0.2) is 42.6 Å². The molecule has 2 atom stereocenters. The fourth-order valence-electron chi connectivity index (χ4n) is 5.93. The first kappa shape index (κ1) is 32.0. The van der Waals surface area contributed by atoms with Gasteiger partial charge in [-0.1, -0.05) is 12.1 Å². The third kappa shape index (κ3) is 7.73. The summed E-state index contributed by atoms with van der Waals surface area (Å²) in [6.07, 6.45) is 0.280. The Hall–Kier alpha value is -2.90. The molecule has 1 aromatic carbocycles. The number of aliphatic hydroxyl groups is 1. The van der Waals surface area contributed by atoms with Gasteiger partial charge in [-0.3, -0.25) is 14.6 Å². The van der Waals surface area contributed by atoms with Crippen molar-refractivity contribution in [2.75, 3.05) is 40.9 Å². The summed E-state index contributed by atoms with van der Waals surface area (Å²) in [6, 6.07) is 8.11. The van der Waals surface area contributed by atoms with Crippen LogP contribution in [0.3, 0.4) is 0 Å². The number of pyridine rings is 1. The second-order valence-corrected chi connectivity index (χ2v) is 11.7. The zero-order valence-corrected chi connectivity index (χ0v) is 24.3. The van der Waals surface area contributed by atoms with Crippen molar-refractivity contribution >= 4 is 11.7 Å². The smallest absolute Gasteiger partial charge is 0.384 e. The average molecular weight is 592 g/mol. The summed E-state index contributed by atoms with van der Waals surface area (Å²) < 4.78 is 44.4. The lowest BCUT2D eigenvalue weighted by molar-refractivity contribution is -0.137. The molecule has 9 nitrogen and oxygen atoms in total. The van der Waals surface area contributed by atoms with Crippen molar-refractivity contribution in [3.8, 4) is 0 Å².